The molecule has 0 bridgehead atoms. The Labute approximate surface area is 317 Å². The molecule has 4 nitrogen and oxygen atoms in total. The molecule has 11 rings (SSSR count). The molecule has 0 spiro atoms. The molecule has 0 saturated carbocycles. The summed E-state index contributed by atoms with van der Waals surface area (Å²) in [4.78, 5) is 14.9. The van der Waals surface area contributed by atoms with Crippen LogP contribution in [0.5, 0.6) is 0 Å². The molecule has 0 N–H and O–H groups in total. The second kappa shape index (κ2) is 12.6. The first kappa shape index (κ1) is 31.1. The number of furan rings is 1. The summed E-state index contributed by atoms with van der Waals surface area (Å²) in [6, 6.07) is 65.6. The van der Waals surface area contributed by atoms with Crippen molar-refractivity contribution in [3.05, 3.63) is 188 Å². The lowest BCUT2D eigenvalue weighted by Crippen LogP contribution is -2.00. The summed E-state index contributed by atoms with van der Waals surface area (Å²) in [5.41, 5.74) is 11.2. The van der Waals surface area contributed by atoms with Crippen LogP contribution in [0.4, 0.5) is 0 Å². The van der Waals surface area contributed by atoms with E-state index < -0.39 is 0 Å². The zero-order chi connectivity index (χ0) is 36.3. The highest BCUT2D eigenvalue weighted by molar-refractivity contribution is 6.35. The van der Waals surface area contributed by atoms with Gasteiger partial charge in [0.15, 0.2) is 17.5 Å². The van der Waals surface area contributed by atoms with Crippen LogP contribution < -0.4 is 0 Å². The molecule has 0 amide bonds. The van der Waals surface area contributed by atoms with Crippen LogP contribution in [-0.4, -0.2) is 15.0 Å². The topological polar surface area (TPSA) is 51.8 Å². The second-order valence-corrected chi connectivity index (χ2v) is 13.9. The van der Waals surface area contributed by atoms with Crippen molar-refractivity contribution in [2.24, 2.45) is 0 Å². The van der Waals surface area contributed by atoms with E-state index in [-0.39, 0.29) is 0 Å². The fraction of sp³-hybridized carbons (Fsp3) is 0. The first-order valence-electron chi connectivity index (χ1n) is 18.5. The van der Waals surface area contributed by atoms with Crippen molar-refractivity contribution in [3.63, 3.8) is 0 Å². The Morgan fingerprint density at radius 3 is 1.18 bits per heavy atom. The van der Waals surface area contributed by atoms with Gasteiger partial charge in [-0.2, -0.15) is 0 Å². The molecule has 0 aliphatic rings. The summed E-state index contributed by atoms with van der Waals surface area (Å²) >= 11 is 0. The van der Waals surface area contributed by atoms with Gasteiger partial charge in [0, 0.05) is 38.6 Å². The van der Waals surface area contributed by atoms with E-state index in [0.29, 0.717) is 17.5 Å². The molecule has 0 aliphatic carbocycles. The van der Waals surface area contributed by atoms with Gasteiger partial charge >= 0.3 is 0 Å². The van der Waals surface area contributed by atoms with Crippen LogP contribution in [0.2, 0.25) is 0 Å². The molecule has 0 saturated heterocycles. The van der Waals surface area contributed by atoms with Gasteiger partial charge in [-0.25, -0.2) is 15.0 Å². The Morgan fingerprint density at radius 1 is 0.273 bits per heavy atom. The number of fused-ring (bicyclic) bond motifs is 3. The normalized spacial score (nSPS) is 11.6. The Kier molecular flexibility index (Phi) is 7.14. The molecule has 0 radical (unpaired) electrons. The summed E-state index contributed by atoms with van der Waals surface area (Å²) in [5, 5.41) is 7.24. The van der Waals surface area contributed by atoms with Crippen molar-refractivity contribution in [2.45, 2.75) is 0 Å². The highest BCUT2D eigenvalue weighted by atomic mass is 16.3. The third-order valence-electron chi connectivity index (χ3n) is 10.7. The van der Waals surface area contributed by atoms with E-state index in [1.807, 2.05) is 60.7 Å². The molecule has 2 heterocycles. The van der Waals surface area contributed by atoms with E-state index >= 15 is 0 Å². The number of benzene rings is 9. The number of rotatable bonds is 6. The molecule has 55 heavy (non-hydrogen) atoms. The molecule has 0 fully saturated rings. The molecule has 256 valence electrons. The Morgan fingerprint density at radius 2 is 0.655 bits per heavy atom. The minimum Gasteiger partial charge on any atom is -0.455 e. The van der Waals surface area contributed by atoms with Crippen molar-refractivity contribution in [1.29, 1.82) is 0 Å². The lowest BCUT2D eigenvalue weighted by Gasteiger charge is -2.12. The number of hydrogen-bond donors (Lipinski definition) is 0. The highest BCUT2D eigenvalue weighted by Gasteiger charge is 2.23. The Balaban J connectivity index is 1.06. The SMILES string of the molecule is c1ccc(-c2nc(-c3ccccc3)nc(-c3cccc(-c4cccc(-c5ccc6c7ccccc7c7ccc(-c8ccccc8)c8oc5c6c87)c4)c3)n2)cc1. The minimum atomic E-state index is 0.630. The van der Waals surface area contributed by atoms with E-state index in [1.165, 1.54) is 32.3 Å². The van der Waals surface area contributed by atoms with Crippen LogP contribution >= 0.6 is 0 Å². The summed E-state index contributed by atoms with van der Waals surface area (Å²) in [6.45, 7) is 0. The lowest BCUT2D eigenvalue weighted by atomic mass is 9.90. The maximum atomic E-state index is 7.05. The fourth-order valence-electron chi connectivity index (χ4n) is 8.09. The van der Waals surface area contributed by atoms with Crippen LogP contribution in [0.1, 0.15) is 0 Å². The molecule has 2 aromatic heterocycles. The molecule has 0 atom stereocenters. The zero-order valence-electron chi connectivity index (χ0n) is 29.6. The summed E-state index contributed by atoms with van der Waals surface area (Å²) in [5.74, 6) is 1.92. The van der Waals surface area contributed by atoms with E-state index in [9.17, 15) is 0 Å². The van der Waals surface area contributed by atoms with Crippen LogP contribution in [0.25, 0.3) is 111 Å². The van der Waals surface area contributed by atoms with Crippen LogP contribution in [-0.2, 0) is 0 Å². The average molecular weight is 702 g/mol. The summed E-state index contributed by atoms with van der Waals surface area (Å²) < 4.78 is 7.05. The van der Waals surface area contributed by atoms with Gasteiger partial charge in [-0.15, -0.1) is 0 Å². The van der Waals surface area contributed by atoms with Crippen LogP contribution in [0.3, 0.4) is 0 Å². The standard InChI is InChI=1S/C51H31N3O/c1-4-14-32(15-5-1)39-26-28-43-41-24-10-11-25-42(41)44-29-27-40(48-46(44)45(43)47(39)55-48)37-22-12-20-35(30-37)36-21-13-23-38(31-36)51-53-49(33-16-6-2-7-17-33)52-50(54-51)34-18-8-3-9-19-34/h1-31H. The first-order valence-corrected chi connectivity index (χ1v) is 18.5. The van der Waals surface area contributed by atoms with Crippen molar-refractivity contribution in [1.82, 2.24) is 15.0 Å². The van der Waals surface area contributed by atoms with Gasteiger partial charge in [0.25, 0.3) is 0 Å². The van der Waals surface area contributed by atoms with E-state index in [2.05, 4.69) is 127 Å². The van der Waals surface area contributed by atoms with Crippen molar-refractivity contribution in [2.75, 3.05) is 0 Å². The molecular weight excluding hydrogens is 671 g/mol. The van der Waals surface area contributed by atoms with Gasteiger partial charge in [-0.05, 0) is 68.1 Å². The molecule has 0 unspecified atom stereocenters. The maximum absolute atomic E-state index is 7.05. The maximum Gasteiger partial charge on any atom is 0.164 e. The number of hydrogen-bond acceptors (Lipinski definition) is 4. The third kappa shape index (κ3) is 5.19. The van der Waals surface area contributed by atoms with E-state index in [4.69, 9.17) is 19.4 Å². The quantitative estimate of drug-likeness (QED) is 0.162. The van der Waals surface area contributed by atoms with Crippen LogP contribution in [0.15, 0.2) is 192 Å². The molecule has 11 aromatic rings. The summed E-state index contributed by atoms with van der Waals surface area (Å²) in [7, 11) is 0. The minimum absolute atomic E-state index is 0.630. The Bertz CT molecular complexity index is 3130. The Hall–Kier alpha value is -7.43. The first-order chi connectivity index (χ1) is 27.3. The number of aromatic nitrogens is 3. The third-order valence-corrected chi connectivity index (χ3v) is 10.7. The van der Waals surface area contributed by atoms with Crippen molar-refractivity contribution >= 4 is 43.5 Å². The van der Waals surface area contributed by atoms with Gasteiger partial charge < -0.3 is 4.42 Å². The molecule has 4 heteroatoms. The van der Waals surface area contributed by atoms with E-state index in [0.717, 1.165) is 61.2 Å². The molecule has 9 aromatic carbocycles. The van der Waals surface area contributed by atoms with Gasteiger partial charge in [0.1, 0.15) is 11.2 Å². The van der Waals surface area contributed by atoms with Gasteiger partial charge in [0.05, 0.1) is 0 Å². The molecular formula is C51H31N3O. The van der Waals surface area contributed by atoms with Gasteiger partial charge in [-0.3, -0.25) is 0 Å². The smallest absolute Gasteiger partial charge is 0.164 e. The van der Waals surface area contributed by atoms with Gasteiger partial charge in [-0.1, -0.05) is 164 Å². The monoisotopic (exact) mass is 701 g/mol. The molecule has 0 aliphatic heterocycles. The summed E-state index contributed by atoms with van der Waals surface area (Å²) in [6.07, 6.45) is 0. The van der Waals surface area contributed by atoms with Crippen LogP contribution in [0, 0.1) is 0 Å². The van der Waals surface area contributed by atoms with Crippen molar-refractivity contribution < 1.29 is 4.42 Å². The predicted molar refractivity (Wildman–Crippen MR) is 226 cm³/mol. The number of nitrogens with zero attached hydrogens (tertiary/aromatic N) is 3. The highest BCUT2D eigenvalue weighted by Crippen LogP contribution is 2.48. The van der Waals surface area contributed by atoms with Gasteiger partial charge in [0.2, 0.25) is 0 Å². The second-order valence-electron chi connectivity index (χ2n) is 13.9. The van der Waals surface area contributed by atoms with Crippen molar-refractivity contribution in [3.8, 4) is 67.5 Å². The fourth-order valence-corrected chi connectivity index (χ4v) is 8.09. The predicted octanol–water partition coefficient (Wildman–Crippen LogP) is 13.5. The van der Waals surface area contributed by atoms with E-state index in [1.54, 1.807) is 0 Å². The lowest BCUT2D eigenvalue weighted by molar-refractivity contribution is 0.671. The largest absolute Gasteiger partial charge is 0.455 e. The zero-order valence-corrected chi connectivity index (χ0v) is 29.6. The average Bonchev–Trinajstić information content (AvgIpc) is 3.68.